The number of halogens is 1. The van der Waals surface area contributed by atoms with Crippen LogP contribution in [0.5, 0.6) is 0 Å². The first-order chi connectivity index (χ1) is 5.24. The van der Waals surface area contributed by atoms with Crippen LogP contribution in [-0.2, 0) is 0 Å². The van der Waals surface area contributed by atoms with Crippen LogP contribution in [0.1, 0.15) is 10.4 Å². The Labute approximate surface area is 72.2 Å². The minimum absolute atomic E-state index is 0.315. The molecule has 0 unspecified atom stereocenters. The van der Waals surface area contributed by atoms with Crippen molar-refractivity contribution in [3.8, 4) is 0 Å². The lowest BCUT2D eigenvalue weighted by atomic mass is 10.2. The van der Waals surface area contributed by atoms with Gasteiger partial charge in [-0.15, -0.1) is 0 Å². The zero-order valence-corrected chi connectivity index (χ0v) is 7.21. The molecule has 0 radical (unpaired) electrons. The van der Waals surface area contributed by atoms with E-state index in [-0.39, 0.29) is 5.78 Å². The van der Waals surface area contributed by atoms with Gasteiger partial charge in [-0.2, -0.15) is 0 Å². The van der Waals surface area contributed by atoms with Gasteiger partial charge in [-0.25, -0.2) is 4.98 Å². The molecule has 0 aliphatic heterocycles. The van der Waals surface area contributed by atoms with Crippen molar-refractivity contribution in [2.45, 2.75) is 0 Å². The molecule has 3 nitrogen and oxygen atoms in total. The van der Waals surface area contributed by atoms with E-state index in [2.05, 4.69) is 20.9 Å². The number of hydrogen-bond acceptors (Lipinski definition) is 3. The molecule has 58 valence electrons. The van der Waals surface area contributed by atoms with Gasteiger partial charge in [0.1, 0.15) is 11.2 Å². The van der Waals surface area contributed by atoms with Crippen molar-refractivity contribution >= 4 is 21.7 Å². The summed E-state index contributed by atoms with van der Waals surface area (Å²) in [6.45, 7) is -0.469. The molecular formula is C7H6BrNO2. The Bertz CT molecular complexity index is 258. The van der Waals surface area contributed by atoms with E-state index >= 15 is 0 Å². The first-order valence-corrected chi connectivity index (χ1v) is 3.79. The molecule has 1 heterocycles. The molecule has 0 aromatic carbocycles. The second-order valence-corrected chi connectivity index (χ2v) is 2.76. The predicted octanol–water partition coefficient (Wildman–Crippen LogP) is 1.02. The summed E-state index contributed by atoms with van der Waals surface area (Å²) < 4.78 is 0.673. The Kier molecular flexibility index (Phi) is 2.73. The largest absolute Gasteiger partial charge is 0.388 e. The highest BCUT2D eigenvalue weighted by molar-refractivity contribution is 9.10. The number of carbonyl (C=O) groups excluding carboxylic acids is 1. The molecular weight excluding hydrogens is 210 g/mol. The molecule has 0 saturated carbocycles. The zero-order chi connectivity index (χ0) is 8.27. The quantitative estimate of drug-likeness (QED) is 0.593. The number of aromatic nitrogens is 1. The minimum Gasteiger partial charge on any atom is -0.388 e. The second-order valence-electron chi connectivity index (χ2n) is 1.95. The van der Waals surface area contributed by atoms with Crippen LogP contribution in [0.2, 0.25) is 0 Å². The Balaban J connectivity index is 2.90. The summed E-state index contributed by atoms with van der Waals surface area (Å²) in [6.07, 6.45) is 1.42. The van der Waals surface area contributed by atoms with Crippen LogP contribution in [0, 0.1) is 0 Å². The maximum absolute atomic E-state index is 10.8. The molecule has 0 atom stereocenters. The van der Waals surface area contributed by atoms with Gasteiger partial charge in [-0.3, -0.25) is 4.79 Å². The highest BCUT2D eigenvalue weighted by atomic mass is 79.9. The van der Waals surface area contributed by atoms with Gasteiger partial charge in [-0.05, 0) is 28.1 Å². The average molecular weight is 216 g/mol. The fraction of sp³-hybridized carbons (Fsp3) is 0.143. The zero-order valence-electron chi connectivity index (χ0n) is 5.62. The molecule has 1 N–H and O–H groups in total. The second kappa shape index (κ2) is 3.59. The van der Waals surface area contributed by atoms with Gasteiger partial charge in [0.2, 0.25) is 0 Å². The number of Topliss-reactive ketones (excluding diaryl/α,β-unsaturated/α-hetero) is 1. The van der Waals surface area contributed by atoms with E-state index in [0.717, 1.165) is 0 Å². The standard InChI is InChI=1S/C7H6BrNO2/c8-7-2-1-5(3-9-7)6(11)4-10/h1-3,10H,4H2. The topological polar surface area (TPSA) is 50.2 Å². The van der Waals surface area contributed by atoms with Crippen molar-refractivity contribution in [3.05, 3.63) is 28.5 Å². The van der Waals surface area contributed by atoms with E-state index < -0.39 is 6.61 Å². The van der Waals surface area contributed by atoms with E-state index in [9.17, 15) is 4.79 Å². The molecule has 0 amide bonds. The Morgan fingerprint density at radius 3 is 2.82 bits per heavy atom. The molecule has 0 fully saturated rings. The molecule has 0 bridgehead atoms. The Morgan fingerprint density at radius 1 is 1.64 bits per heavy atom. The molecule has 0 aliphatic carbocycles. The maximum Gasteiger partial charge on any atom is 0.189 e. The van der Waals surface area contributed by atoms with Crippen molar-refractivity contribution in [2.75, 3.05) is 6.61 Å². The molecule has 0 spiro atoms. The number of pyridine rings is 1. The van der Waals surface area contributed by atoms with Crippen molar-refractivity contribution in [3.63, 3.8) is 0 Å². The third kappa shape index (κ3) is 2.10. The Morgan fingerprint density at radius 2 is 2.36 bits per heavy atom. The van der Waals surface area contributed by atoms with Crippen molar-refractivity contribution in [2.24, 2.45) is 0 Å². The van der Waals surface area contributed by atoms with Crippen molar-refractivity contribution in [1.29, 1.82) is 0 Å². The highest BCUT2D eigenvalue weighted by Gasteiger charge is 2.02. The van der Waals surface area contributed by atoms with Crippen LogP contribution >= 0.6 is 15.9 Å². The summed E-state index contributed by atoms with van der Waals surface area (Å²) in [7, 11) is 0. The van der Waals surface area contributed by atoms with Gasteiger partial charge >= 0.3 is 0 Å². The van der Waals surface area contributed by atoms with Crippen LogP contribution < -0.4 is 0 Å². The first-order valence-electron chi connectivity index (χ1n) is 2.99. The lowest BCUT2D eigenvalue weighted by Crippen LogP contribution is -2.04. The van der Waals surface area contributed by atoms with Crippen LogP contribution in [0.3, 0.4) is 0 Å². The van der Waals surface area contributed by atoms with Crippen LogP contribution in [-0.4, -0.2) is 22.5 Å². The van der Waals surface area contributed by atoms with Gasteiger partial charge in [-0.1, -0.05) is 0 Å². The van der Waals surface area contributed by atoms with E-state index in [1.165, 1.54) is 6.20 Å². The number of carbonyl (C=O) groups is 1. The van der Waals surface area contributed by atoms with Crippen molar-refractivity contribution in [1.82, 2.24) is 4.98 Å². The number of aliphatic hydroxyl groups excluding tert-OH is 1. The lowest BCUT2D eigenvalue weighted by Gasteiger charge is -1.94. The van der Waals surface area contributed by atoms with Crippen LogP contribution in [0.15, 0.2) is 22.9 Å². The average Bonchev–Trinajstić information content (AvgIpc) is 2.05. The van der Waals surface area contributed by atoms with Crippen molar-refractivity contribution < 1.29 is 9.90 Å². The van der Waals surface area contributed by atoms with E-state index in [0.29, 0.717) is 10.2 Å². The molecule has 1 aromatic rings. The van der Waals surface area contributed by atoms with Gasteiger partial charge in [0.05, 0.1) is 0 Å². The maximum atomic E-state index is 10.8. The van der Waals surface area contributed by atoms with Gasteiger partial charge in [0.15, 0.2) is 5.78 Å². The summed E-state index contributed by atoms with van der Waals surface area (Å²) in [6, 6.07) is 3.26. The monoisotopic (exact) mass is 215 g/mol. The number of aliphatic hydroxyl groups is 1. The molecule has 1 rings (SSSR count). The number of hydrogen-bond donors (Lipinski definition) is 1. The molecule has 4 heteroatoms. The van der Waals surface area contributed by atoms with Gasteiger partial charge in [0.25, 0.3) is 0 Å². The predicted molar refractivity (Wildman–Crippen MR) is 43.4 cm³/mol. The fourth-order valence-corrected chi connectivity index (χ4v) is 0.867. The van der Waals surface area contributed by atoms with Gasteiger partial charge in [0, 0.05) is 11.8 Å². The smallest absolute Gasteiger partial charge is 0.189 e. The fourth-order valence-electron chi connectivity index (χ4n) is 0.632. The SMILES string of the molecule is O=C(CO)c1ccc(Br)nc1. The first kappa shape index (κ1) is 8.36. The minimum atomic E-state index is -0.469. The summed E-state index contributed by atoms with van der Waals surface area (Å²) in [5.74, 6) is -0.315. The normalized spacial score (nSPS) is 9.64. The van der Waals surface area contributed by atoms with Crippen LogP contribution in [0.25, 0.3) is 0 Å². The number of nitrogens with zero attached hydrogens (tertiary/aromatic N) is 1. The van der Waals surface area contributed by atoms with E-state index in [1.54, 1.807) is 12.1 Å². The molecule has 1 aromatic heterocycles. The molecule has 11 heavy (non-hydrogen) atoms. The van der Waals surface area contributed by atoms with Crippen LogP contribution in [0.4, 0.5) is 0 Å². The summed E-state index contributed by atoms with van der Waals surface area (Å²) in [4.78, 5) is 14.7. The third-order valence-electron chi connectivity index (χ3n) is 1.19. The summed E-state index contributed by atoms with van der Waals surface area (Å²) >= 11 is 3.13. The molecule has 0 saturated heterocycles. The number of rotatable bonds is 2. The van der Waals surface area contributed by atoms with E-state index in [1.807, 2.05) is 0 Å². The highest BCUT2D eigenvalue weighted by Crippen LogP contribution is 2.06. The van der Waals surface area contributed by atoms with Gasteiger partial charge < -0.3 is 5.11 Å². The van der Waals surface area contributed by atoms with E-state index in [4.69, 9.17) is 5.11 Å². The third-order valence-corrected chi connectivity index (χ3v) is 1.66. The summed E-state index contributed by atoms with van der Waals surface area (Å²) in [5, 5.41) is 8.47. The Hall–Kier alpha value is -0.740. The molecule has 0 aliphatic rings. The lowest BCUT2D eigenvalue weighted by molar-refractivity contribution is 0.0903. The summed E-state index contributed by atoms with van der Waals surface area (Å²) in [5.41, 5.74) is 0.427. The number of ketones is 1.